The van der Waals surface area contributed by atoms with Crippen LogP contribution in [0.5, 0.6) is 0 Å². The molecule has 0 aliphatic heterocycles. The zero-order valence-electron chi connectivity index (χ0n) is 11.5. The Morgan fingerprint density at radius 2 is 2.29 bits per heavy atom. The highest BCUT2D eigenvalue weighted by Crippen LogP contribution is 2.16. The van der Waals surface area contributed by atoms with E-state index in [9.17, 15) is 14.9 Å². The molecule has 9 heteroatoms. The number of nitrogen functional groups attached to an aromatic ring is 1. The molecule has 0 saturated heterocycles. The number of nitrogens with zero attached hydrogens (tertiary/aromatic N) is 4. The molecule has 0 aromatic carbocycles. The zero-order valence-corrected chi connectivity index (χ0v) is 11.5. The molecule has 110 valence electrons. The third kappa shape index (κ3) is 3.14. The third-order valence-electron chi connectivity index (χ3n) is 2.91. The van der Waals surface area contributed by atoms with Gasteiger partial charge in [0.1, 0.15) is 12.0 Å². The fourth-order valence-corrected chi connectivity index (χ4v) is 1.84. The van der Waals surface area contributed by atoms with Crippen molar-refractivity contribution in [3.63, 3.8) is 0 Å². The quantitative estimate of drug-likeness (QED) is 0.624. The van der Waals surface area contributed by atoms with E-state index in [2.05, 4.69) is 15.4 Å². The molecule has 2 heterocycles. The van der Waals surface area contributed by atoms with Gasteiger partial charge in [0.05, 0.1) is 16.2 Å². The predicted octanol–water partition coefficient (Wildman–Crippen LogP) is 0.544. The number of carbonyl (C=O) groups excluding carboxylic acids is 1. The Hall–Kier alpha value is -2.97. The number of pyridine rings is 1. The molecule has 0 atom stereocenters. The number of aromatic nitrogens is 3. The molecule has 9 nitrogen and oxygen atoms in total. The van der Waals surface area contributed by atoms with Crippen molar-refractivity contribution in [2.24, 2.45) is 7.05 Å². The SMILES string of the molecule is Cc1nn(C)cc1CNC(=O)c1cc([N+](=O)[O-])cnc1N. The van der Waals surface area contributed by atoms with Gasteiger partial charge < -0.3 is 11.1 Å². The Kier molecular flexibility index (Phi) is 3.83. The highest BCUT2D eigenvalue weighted by Gasteiger charge is 2.16. The minimum atomic E-state index is -0.630. The van der Waals surface area contributed by atoms with E-state index < -0.39 is 10.8 Å². The zero-order chi connectivity index (χ0) is 15.6. The maximum Gasteiger partial charge on any atom is 0.288 e. The molecule has 3 N–H and O–H groups in total. The molecule has 0 radical (unpaired) electrons. The molecule has 0 aliphatic carbocycles. The van der Waals surface area contributed by atoms with E-state index in [0.717, 1.165) is 23.5 Å². The third-order valence-corrected chi connectivity index (χ3v) is 2.91. The summed E-state index contributed by atoms with van der Waals surface area (Å²) in [5, 5.41) is 17.5. The number of anilines is 1. The monoisotopic (exact) mass is 290 g/mol. The second-order valence-electron chi connectivity index (χ2n) is 4.48. The van der Waals surface area contributed by atoms with Gasteiger partial charge >= 0.3 is 0 Å². The van der Waals surface area contributed by atoms with Crippen molar-refractivity contribution in [3.8, 4) is 0 Å². The van der Waals surface area contributed by atoms with Crippen LogP contribution in [0.25, 0.3) is 0 Å². The van der Waals surface area contributed by atoms with Gasteiger partial charge in [0.25, 0.3) is 11.6 Å². The lowest BCUT2D eigenvalue weighted by molar-refractivity contribution is -0.385. The van der Waals surface area contributed by atoms with E-state index in [-0.39, 0.29) is 23.6 Å². The smallest absolute Gasteiger partial charge is 0.288 e. The van der Waals surface area contributed by atoms with Crippen molar-refractivity contribution in [3.05, 3.63) is 45.4 Å². The standard InChI is InChI=1S/C12H14N6O3/c1-7-8(6-17(2)16-7)4-15-12(19)10-3-9(18(20)21)5-14-11(10)13/h3,5-6H,4H2,1-2H3,(H2,13,14)(H,15,19). The summed E-state index contributed by atoms with van der Waals surface area (Å²) in [7, 11) is 1.78. The molecule has 2 aromatic heterocycles. The first kappa shape index (κ1) is 14.4. The number of carbonyl (C=O) groups is 1. The van der Waals surface area contributed by atoms with Crippen molar-refractivity contribution in [2.75, 3.05) is 5.73 Å². The summed E-state index contributed by atoms with van der Waals surface area (Å²) in [6.07, 6.45) is 2.79. The molecule has 21 heavy (non-hydrogen) atoms. The van der Waals surface area contributed by atoms with Gasteiger partial charge in [-0.3, -0.25) is 19.6 Å². The van der Waals surface area contributed by atoms with E-state index >= 15 is 0 Å². The Morgan fingerprint density at radius 1 is 1.57 bits per heavy atom. The van der Waals surface area contributed by atoms with Crippen molar-refractivity contribution in [1.29, 1.82) is 0 Å². The van der Waals surface area contributed by atoms with Crippen LogP contribution in [0.1, 0.15) is 21.6 Å². The number of nitro groups is 1. The lowest BCUT2D eigenvalue weighted by Gasteiger charge is -2.06. The number of hydrogen-bond acceptors (Lipinski definition) is 6. The van der Waals surface area contributed by atoms with Gasteiger partial charge in [-0.1, -0.05) is 0 Å². The first-order valence-corrected chi connectivity index (χ1v) is 6.05. The summed E-state index contributed by atoms with van der Waals surface area (Å²) < 4.78 is 1.64. The van der Waals surface area contributed by atoms with Crippen LogP contribution in [0, 0.1) is 17.0 Å². The summed E-state index contributed by atoms with van der Waals surface area (Å²) in [5.74, 6) is -0.576. The highest BCUT2D eigenvalue weighted by atomic mass is 16.6. The molecule has 2 rings (SSSR count). The summed E-state index contributed by atoms with van der Waals surface area (Å²) in [6.45, 7) is 2.07. The van der Waals surface area contributed by atoms with E-state index in [1.807, 2.05) is 6.92 Å². The maximum absolute atomic E-state index is 12.1. The Morgan fingerprint density at radius 3 is 2.86 bits per heavy atom. The van der Waals surface area contributed by atoms with Crippen molar-refractivity contribution >= 4 is 17.4 Å². The largest absolute Gasteiger partial charge is 0.383 e. The number of nitrogens with one attached hydrogen (secondary N) is 1. The number of rotatable bonds is 4. The molecular formula is C12H14N6O3. The first-order chi connectivity index (χ1) is 9.88. The van der Waals surface area contributed by atoms with Crippen molar-refractivity contribution in [2.45, 2.75) is 13.5 Å². The maximum atomic E-state index is 12.1. The number of amides is 1. The molecule has 0 unspecified atom stereocenters. The van der Waals surface area contributed by atoms with E-state index in [1.165, 1.54) is 0 Å². The van der Waals surface area contributed by atoms with Crippen LogP contribution in [0.2, 0.25) is 0 Å². The Bertz CT molecular complexity index is 709. The minimum Gasteiger partial charge on any atom is -0.383 e. The molecule has 0 bridgehead atoms. The predicted molar refractivity (Wildman–Crippen MR) is 74.4 cm³/mol. The Balaban J connectivity index is 2.15. The van der Waals surface area contributed by atoms with Crippen LogP contribution in [0.3, 0.4) is 0 Å². The lowest BCUT2D eigenvalue weighted by atomic mass is 10.2. The average molecular weight is 290 g/mol. The van der Waals surface area contributed by atoms with Gasteiger partial charge in [-0.15, -0.1) is 0 Å². The van der Waals surface area contributed by atoms with Crippen LogP contribution >= 0.6 is 0 Å². The number of hydrogen-bond donors (Lipinski definition) is 2. The van der Waals surface area contributed by atoms with E-state index in [0.29, 0.717) is 0 Å². The highest BCUT2D eigenvalue weighted by molar-refractivity contribution is 5.98. The van der Waals surface area contributed by atoms with Crippen LogP contribution in [-0.2, 0) is 13.6 Å². The van der Waals surface area contributed by atoms with Crippen LogP contribution in [-0.4, -0.2) is 25.6 Å². The molecular weight excluding hydrogens is 276 g/mol. The van der Waals surface area contributed by atoms with Crippen LogP contribution in [0.15, 0.2) is 18.5 Å². The molecule has 0 saturated carbocycles. The van der Waals surface area contributed by atoms with Gasteiger partial charge in [0, 0.05) is 31.4 Å². The normalized spacial score (nSPS) is 10.4. The van der Waals surface area contributed by atoms with Gasteiger partial charge in [-0.25, -0.2) is 4.98 Å². The fraction of sp³-hybridized carbons (Fsp3) is 0.250. The molecule has 0 spiro atoms. The van der Waals surface area contributed by atoms with Gasteiger partial charge in [0.2, 0.25) is 0 Å². The lowest BCUT2D eigenvalue weighted by Crippen LogP contribution is -2.24. The van der Waals surface area contributed by atoms with Crippen molar-refractivity contribution < 1.29 is 9.72 Å². The molecule has 0 fully saturated rings. The molecule has 0 aliphatic rings. The average Bonchev–Trinajstić information content (AvgIpc) is 2.74. The first-order valence-electron chi connectivity index (χ1n) is 6.05. The minimum absolute atomic E-state index is 0.0225. The second-order valence-corrected chi connectivity index (χ2v) is 4.48. The summed E-state index contributed by atoms with van der Waals surface area (Å²) in [6, 6.07) is 1.10. The second kappa shape index (κ2) is 5.57. The molecule has 1 amide bonds. The van der Waals surface area contributed by atoms with Gasteiger partial charge in [-0.2, -0.15) is 5.10 Å². The molecule has 2 aromatic rings. The topological polar surface area (TPSA) is 129 Å². The number of nitrogens with two attached hydrogens (primary N) is 1. The summed E-state index contributed by atoms with van der Waals surface area (Å²) >= 11 is 0. The van der Waals surface area contributed by atoms with Crippen LogP contribution < -0.4 is 11.1 Å². The van der Waals surface area contributed by atoms with Crippen LogP contribution in [0.4, 0.5) is 11.5 Å². The van der Waals surface area contributed by atoms with Gasteiger partial charge in [-0.05, 0) is 6.92 Å². The number of aryl methyl sites for hydroxylation is 2. The summed E-state index contributed by atoms with van der Waals surface area (Å²) in [5.41, 5.74) is 6.92. The Labute approximate surface area is 119 Å². The van der Waals surface area contributed by atoms with E-state index in [4.69, 9.17) is 5.73 Å². The summed E-state index contributed by atoms with van der Waals surface area (Å²) in [4.78, 5) is 25.8. The fourth-order valence-electron chi connectivity index (χ4n) is 1.84. The van der Waals surface area contributed by atoms with Crippen molar-refractivity contribution in [1.82, 2.24) is 20.1 Å². The van der Waals surface area contributed by atoms with E-state index in [1.54, 1.807) is 17.9 Å². The van der Waals surface area contributed by atoms with Gasteiger partial charge in [0.15, 0.2) is 0 Å².